The topological polar surface area (TPSA) is 53.9 Å². The molecular formula is C18H21FN2O2. The first-order valence-corrected chi connectivity index (χ1v) is 7.34. The lowest BCUT2D eigenvalue weighted by Gasteiger charge is -2.26. The number of nitrogens with one attached hydrogen (secondary N) is 1. The second kappa shape index (κ2) is 7.13. The van der Waals surface area contributed by atoms with E-state index in [4.69, 9.17) is 4.74 Å². The van der Waals surface area contributed by atoms with E-state index >= 15 is 0 Å². The summed E-state index contributed by atoms with van der Waals surface area (Å²) in [6, 6.07) is 14.4. The van der Waals surface area contributed by atoms with Gasteiger partial charge in [-0.25, -0.2) is 4.39 Å². The zero-order chi connectivity index (χ0) is 16.9. The summed E-state index contributed by atoms with van der Waals surface area (Å²) in [6.45, 7) is 4.58. The van der Waals surface area contributed by atoms with Crippen LogP contribution in [0.4, 0.5) is 4.39 Å². The lowest BCUT2D eigenvalue weighted by molar-refractivity contribution is 0.315. The van der Waals surface area contributed by atoms with E-state index in [0.717, 1.165) is 5.56 Å². The minimum atomic E-state index is -0.512. The molecule has 4 nitrogen and oxygen atoms in total. The zero-order valence-electron chi connectivity index (χ0n) is 13.5. The van der Waals surface area contributed by atoms with E-state index in [1.807, 2.05) is 30.3 Å². The van der Waals surface area contributed by atoms with Crippen molar-refractivity contribution < 1.29 is 14.3 Å². The molecule has 122 valence electrons. The second-order valence-corrected chi connectivity index (χ2v) is 5.87. The van der Waals surface area contributed by atoms with Gasteiger partial charge in [0.05, 0.1) is 12.7 Å². The Bertz CT molecular complexity index is 685. The molecule has 0 amide bonds. The van der Waals surface area contributed by atoms with Crippen LogP contribution in [0.15, 0.2) is 53.7 Å². The van der Waals surface area contributed by atoms with Crippen molar-refractivity contribution in [2.24, 2.45) is 5.16 Å². The van der Waals surface area contributed by atoms with Crippen molar-refractivity contribution in [1.29, 1.82) is 0 Å². The van der Waals surface area contributed by atoms with Gasteiger partial charge in [0.1, 0.15) is 11.6 Å². The Kier molecular flexibility index (Phi) is 5.21. The fourth-order valence-corrected chi connectivity index (χ4v) is 2.37. The van der Waals surface area contributed by atoms with Gasteiger partial charge in [0.2, 0.25) is 0 Å². The molecule has 0 fully saturated rings. The molecule has 0 saturated heterocycles. The van der Waals surface area contributed by atoms with Gasteiger partial charge in [0.15, 0.2) is 5.84 Å². The van der Waals surface area contributed by atoms with Crippen molar-refractivity contribution in [1.82, 2.24) is 5.32 Å². The Balaban J connectivity index is 2.22. The molecular weight excluding hydrogens is 295 g/mol. The number of halogens is 1. The summed E-state index contributed by atoms with van der Waals surface area (Å²) < 4.78 is 19.3. The van der Waals surface area contributed by atoms with Crippen LogP contribution in [-0.2, 0) is 5.41 Å². The normalized spacial score (nSPS) is 12.1. The van der Waals surface area contributed by atoms with Gasteiger partial charge in [-0.1, -0.05) is 55.4 Å². The highest BCUT2D eigenvalue weighted by Crippen LogP contribution is 2.24. The number of rotatable bonds is 5. The molecule has 0 aromatic heterocycles. The molecule has 0 spiro atoms. The summed E-state index contributed by atoms with van der Waals surface area (Å²) in [5.41, 5.74) is 1.02. The van der Waals surface area contributed by atoms with E-state index in [2.05, 4.69) is 24.3 Å². The van der Waals surface area contributed by atoms with Gasteiger partial charge in [-0.15, -0.1) is 0 Å². The molecule has 2 aromatic rings. The number of amidine groups is 1. The molecule has 0 aliphatic rings. The fraction of sp³-hybridized carbons (Fsp3) is 0.278. The number of oxime groups is 1. The van der Waals surface area contributed by atoms with Gasteiger partial charge in [-0.2, -0.15) is 0 Å². The number of hydrogen-bond acceptors (Lipinski definition) is 3. The SMILES string of the molecule is COc1cccc(F)c1/C(=N/O)NCC(C)(C)c1ccccc1. The van der Waals surface area contributed by atoms with Crippen LogP contribution in [0.1, 0.15) is 25.0 Å². The van der Waals surface area contributed by atoms with E-state index in [1.54, 1.807) is 12.1 Å². The van der Waals surface area contributed by atoms with Crippen molar-refractivity contribution >= 4 is 5.84 Å². The lowest BCUT2D eigenvalue weighted by atomic mass is 9.84. The largest absolute Gasteiger partial charge is 0.496 e. The van der Waals surface area contributed by atoms with Crippen molar-refractivity contribution in [3.63, 3.8) is 0 Å². The fourth-order valence-electron chi connectivity index (χ4n) is 2.37. The molecule has 0 aliphatic carbocycles. The Labute approximate surface area is 135 Å². The zero-order valence-corrected chi connectivity index (χ0v) is 13.5. The predicted molar refractivity (Wildman–Crippen MR) is 88.7 cm³/mol. The molecule has 0 aliphatic heterocycles. The first-order valence-electron chi connectivity index (χ1n) is 7.34. The van der Waals surface area contributed by atoms with Crippen LogP contribution >= 0.6 is 0 Å². The van der Waals surface area contributed by atoms with Crippen molar-refractivity contribution in [2.75, 3.05) is 13.7 Å². The van der Waals surface area contributed by atoms with E-state index in [1.165, 1.54) is 13.2 Å². The smallest absolute Gasteiger partial charge is 0.179 e. The molecule has 23 heavy (non-hydrogen) atoms. The van der Waals surface area contributed by atoms with Crippen LogP contribution in [0, 0.1) is 5.82 Å². The van der Waals surface area contributed by atoms with Crippen molar-refractivity contribution in [3.05, 3.63) is 65.5 Å². The molecule has 0 bridgehead atoms. The minimum Gasteiger partial charge on any atom is -0.496 e. The summed E-state index contributed by atoms with van der Waals surface area (Å²) in [5.74, 6) is -0.158. The third-order valence-electron chi connectivity index (χ3n) is 3.79. The first kappa shape index (κ1) is 16.8. The Morgan fingerprint density at radius 1 is 1.17 bits per heavy atom. The molecule has 0 saturated carbocycles. The monoisotopic (exact) mass is 316 g/mol. The van der Waals surface area contributed by atoms with E-state index in [-0.39, 0.29) is 16.8 Å². The van der Waals surface area contributed by atoms with Crippen LogP contribution in [0.2, 0.25) is 0 Å². The molecule has 2 N–H and O–H groups in total. The Morgan fingerprint density at radius 2 is 1.87 bits per heavy atom. The molecule has 0 radical (unpaired) electrons. The van der Waals surface area contributed by atoms with E-state index < -0.39 is 5.82 Å². The number of nitrogens with zero attached hydrogens (tertiary/aromatic N) is 1. The second-order valence-electron chi connectivity index (χ2n) is 5.87. The third kappa shape index (κ3) is 3.80. The molecule has 0 atom stereocenters. The molecule has 5 heteroatoms. The van der Waals surface area contributed by atoms with Gasteiger partial charge in [-0.3, -0.25) is 0 Å². The predicted octanol–water partition coefficient (Wildman–Crippen LogP) is 3.54. The molecule has 0 heterocycles. The minimum absolute atomic E-state index is 0.0453. The molecule has 0 unspecified atom stereocenters. The number of methoxy groups -OCH3 is 1. The van der Waals surface area contributed by atoms with Crippen LogP contribution < -0.4 is 10.1 Å². The summed E-state index contributed by atoms with van der Waals surface area (Å²) in [7, 11) is 1.45. The maximum atomic E-state index is 14.1. The third-order valence-corrected chi connectivity index (χ3v) is 3.79. The van der Waals surface area contributed by atoms with Gasteiger partial charge in [0.25, 0.3) is 0 Å². The highest BCUT2D eigenvalue weighted by molar-refractivity contribution is 6.01. The highest BCUT2D eigenvalue weighted by atomic mass is 19.1. The number of ether oxygens (including phenoxy) is 1. The maximum absolute atomic E-state index is 14.1. The van der Waals surface area contributed by atoms with Gasteiger partial charge < -0.3 is 15.3 Å². The number of benzene rings is 2. The molecule has 2 aromatic carbocycles. The van der Waals surface area contributed by atoms with Gasteiger partial charge in [0, 0.05) is 12.0 Å². The quantitative estimate of drug-likeness (QED) is 0.384. The van der Waals surface area contributed by atoms with E-state index in [0.29, 0.717) is 12.3 Å². The maximum Gasteiger partial charge on any atom is 0.179 e. The standard InChI is InChI=1S/C18H21FN2O2/c1-18(2,13-8-5-4-6-9-13)12-20-17(21-22)16-14(19)10-7-11-15(16)23-3/h4-11,22H,12H2,1-3H3,(H,20,21). The highest BCUT2D eigenvalue weighted by Gasteiger charge is 2.23. The Hall–Kier alpha value is -2.56. The average Bonchev–Trinajstić information content (AvgIpc) is 2.57. The van der Waals surface area contributed by atoms with Crippen molar-refractivity contribution in [2.45, 2.75) is 19.3 Å². The van der Waals surface area contributed by atoms with Crippen molar-refractivity contribution in [3.8, 4) is 5.75 Å². The van der Waals surface area contributed by atoms with Crippen LogP contribution in [0.3, 0.4) is 0 Å². The first-order chi connectivity index (χ1) is 11.0. The summed E-state index contributed by atoms with van der Waals surface area (Å²) in [6.07, 6.45) is 0. The Morgan fingerprint density at radius 3 is 2.48 bits per heavy atom. The van der Waals surface area contributed by atoms with Gasteiger partial charge in [-0.05, 0) is 17.7 Å². The van der Waals surface area contributed by atoms with E-state index in [9.17, 15) is 9.60 Å². The van der Waals surface area contributed by atoms with Crippen LogP contribution in [0.25, 0.3) is 0 Å². The molecule has 2 rings (SSSR count). The summed E-state index contributed by atoms with van der Waals surface area (Å²) in [5, 5.41) is 15.5. The lowest BCUT2D eigenvalue weighted by Crippen LogP contribution is -2.37. The summed E-state index contributed by atoms with van der Waals surface area (Å²) in [4.78, 5) is 0. The van der Waals surface area contributed by atoms with Gasteiger partial charge >= 0.3 is 0 Å². The van der Waals surface area contributed by atoms with Crippen LogP contribution in [-0.4, -0.2) is 24.7 Å². The van der Waals surface area contributed by atoms with Crippen LogP contribution in [0.5, 0.6) is 5.75 Å². The number of hydrogen-bond donors (Lipinski definition) is 2. The average molecular weight is 316 g/mol. The summed E-state index contributed by atoms with van der Waals surface area (Å²) >= 11 is 0.